The van der Waals surface area contributed by atoms with E-state index in [-0.39, 0.29) is 5.75 Å². The Morgan fingerprint density at radius 3 is 2.85 bits per heavy atom. The minimum Gasteiger partial charge on any atom is -0.507 e. The van der Waals surface area contributed by atoms with Crippen molar-refractivity contribution < 1.29 is 5.11 Å². The molecule has 1 fully saturated rings. The predicted octanol–water partition coefficient (Wildman–Crippen LogP) is 3.39. The number of likely N-dealkylation sites (tertiary alicyclic amines) is 1. The summed E-state index contributed by atoms with van der Waals surface area (Å²) in [5.74, 6) is 0.393. The Hall–Kier alpha value is -3.04. The second-order valence-corrected chi connectivity index (χ2v) is 7.21. The molecular formula is C21H21N5O. The maximum Gasteiger partial charge on any atom is 0.126 e. The SMILES string of the molecule is Cc1c(-c2ccc(C#N)cc2O)nnc2c([C@H]3CCCN(C)C3)nccc12. The van der Waals surface area contributed by atoms with Crippen molar-refractivity contribution in [2.75, 3.05) is 20.1 Å². The molecule has 3 heterocycles. The van der Waals surface area contributed by atoms with Crippen LogP contribution < -0.4 is 0 Å². The first kappa shape index (κ1) is 17.4. The van der Waals surface area contributed by atoms with Crippen LogP contribution in [0.15, 0.2) is 30.5 Å². The first-order valence-corrected chi connectivity index (χ1v) is 9.12. The number of likely N-dealkylation sites (N-methyl/N-ethyl adjacent to an activating group) is 1. The van der Waals surface area contributed by atoms with E-state index in [1.807, 2.05) is 25.3 Å². The molecule has 4 rings (SSSR count). The summed E-state index contributed by atoms with van der Waals surface area (Å²) < 4.78 is 0. The van der Waals surface area contributed by atoms with E-state index < -0.39 is 0 Å². The number of aromatic nitrogens is 3. The highest BCUT2D eigenvalue weighted by Crippen LogP contribution is 2.35. The minimum atomic E-state index is 0.0361. The van der Waals surface area contributed by atoms with Gasteiger partial charge in [-0.15, -0.1) is 10.2 Å². The molecule has 1 aromatic carbocycles. The average Bonchev–Trinajstić information content (AvgIpc) is 2.68. The number of benzene rings is 1. The predicted molar refractivity (Wildman–Crippen MR) is 103 cm³/mol. The third-order valence-electron chi connectivity index (χ3n) is 5.35. The van der Waals surface area contributed by atoms with Crippen molar-refractivity contribution in [1.29, 1.82) is 5.26 Å². The lowest BCUT2D eigenvalue weighted by Crippen LogP contribution is -2.31. The fraction of sp³-hybridized carbons (Fsp3) is 0.333. The van der Waals surface area contributed by atoms with Crippen molar-refractivity contribution in [3.63, 3.8) is 0 Å². The second kappa shape index (κ2) is 6.93. The quantitative estimate of drug-likeness (QED) is 0.755. The summed E-state index contributed by atoms with van der Waals surface area (Å²) in [7, 11) is 2.14. The number of rotatable bonds is 2. The number of pyridine rings is 1. The summed E-state index contributed by atoms with van der Waals surface area (Å²) in [6.45, 7) is 4.08. The van der Waals surface area contributed by atoms with E-state index in [4.69, 9.17) is 5.26 Å². The van der Waals surface area contributed by atoms with E-state index in [2.05, 4.69) is 27.1 Å². The van der Waals surface area contributed by atoms with Crippen molar-refractivity contribution in [2.24, 2.45) is 0 Å². The molecule has 0 radical (unpaired) electrons. The van der Waals surface area contributed by atoms with Crippen LogP contribution in [0.3, 0.4) is 0 Å². The molecule has 0 spiro atoms. The Morgan fingerprint density at radius 1 is 1.26 bits per heavy atom. The summed E-state index contributed by atoms with van der Waals surface area (Å²) in [6.07, 6.45) is 4.10. The van der Waals surface area contributed by atoms with Gasteiger partial charge < -0.3 is 10.0 Å². The van der Waals surface area contributed by atoms with Crippen LogP contribution >= 0.6 is 0 Å². The number of nitrogens with zero attached hydrogens (tertiary/aromatic N) is 5. The van der Waals surface area contributed by atoms with Crippen LogP contribution in [0.25, 0.3) is 22.2 Å². The summed E-state index contributed by atoms with van der Waals surface area (Å²) in [4.78, 5) is 6.97. The topological polar surface area (TPSA) is 85.9 Å². The van der Waals surface area contributed by atoms with Gasteiger partial charge in [0.05, 0.1) is 17.3 Å². The molecule has 1 aliphatic heterocycles. The fourth-order valence-electron chi connectivity index (χ4n) is 3.93. The number of phenols is 1. The number of hydrogen-bond acceptors (Lipinski definition) is 6. The number of phenolic OH excluding ortho intramolecular Hbond substituents is 1. The smallest absolute Gasteiger partial charge is 0.126 e. The fourth-order valence-corrected chi connectivity index (χ4v) is 3.93. The van der Waals surface area contributed by atoms with Gasteiger partial charge in [-0.1, -0.05) is 0 Å². The van der Waals surface area contributed by atoms with E-state index in [1.165, 1.54) is 6.07 Å². The molecule has 0 aliphatic carbocycles. The number of fused-ring (bicyclic) bond motifs is 1. The van der Waals surface area contributed by atoms with Crippen molar-refractivity contribution in [1.82, 2.24) is 20.1 Å². The van der Waals surface area contributed by atoms with Crippen LogP contribution in [0.2, 0.25) is 0 Å². The van der Waals surface area contributed by atoms with Gasteiger partial charge in [0.25, 0.3) is 0 Å². The standard InChI is InChI=1S/C21H21N5O/c1-13-16-7-8-23-20(15-4-3-9-26(2)12-15)21(16)25-24-19(13)17-6-5-14(11-22)10-18(17)27/h5-8,10,15,27H,3-4,9,12H2,1-2H3/t15-/m0/s1. The summed E-state index contributed by atoms with van der Waals surface area (Å²) >= 11 is 0. The highest BCUT2D eigenvalue weighted by Gasteiger charge is 2.24. The summed E-state index contributed by atoms with van der Waals surface area (Å²) in [6, 6.07) is 8.84. The molecule has 0 bridgehead atoms. The highest BCUT2D eigenvalue weighted by molar-refractivity contribution is 5.89. The number of hydrogen-bond donors (Lipinski definition) is 1. The number of piperidine rings is 1. The Balaban J connectivity index is 1.83. The van der Waals surface area contributed by atoms with Gasteiger partial charge in [-0.25, -0.2) is 0 Å². The van der Waals surface area contributed by atoms with Crippen molar-refractivity contribution in [3.8, 4) is 23.1 Å². The number of aromatic hydroxyl groups is 1. The van der Waals surface area contributed by atoms with Gasteiger partial charge in [-0.3, -0.25) is 4.98 Å². The maximum absolute atomic E-state index is 10.3. The van der Waals surface area contributed by atoms with Gasteiger partial charge >= 0.3 is 0 Å². The zero-order chi connectivity index (χ0) is 19.0. The molecule has 136 valence electrons. The zero-order valence-corrected chi connectivity index (χ0v) is 15.5. The van der Waals surface area contributed by atoms with Gasteiger partial charge in [-0.05, 0) is 63.2 Å². The van der Waals surface area contributed by atoms with E-state index in [0.29, 0.717) is 22.7 Å². The first-order valence-electron chi connectivity index (χ1n) is 9.12. The highest BCUT2D eigenvalue weighted by atomic mass is 16.3. The van der Waals surface area contributed by atoms with Crippen LogP contribution in [-0.2, 0) is 0 Å². The molecule has 3 aromatic rings. The minimum absolute atomic E-state index is 0.0361. The molecule has 6 nitrogen and oxygen atoms in total. The molecule has 0 amide bonds. The lowest BCUT2D eigenvalue weighted by atomic mass is 9.92. The third kappa shape index (κ3) is 3.11. The monoisotopic (exact) mass is 359 g/mol. The molecule has 1 aliphatic rings. The normalized spacial score (nSPS) is 17.7. The Morgan fingerprint density at radius 2 is 2.11 bits per heavy atom. The van der Waals surface area contributed by atoms with Crippen LogP contribution in [0.1, 0.15) is 35.6 Å². The second-order valence-electron chi connectivity index (χ2n) is 7.21. The molecule has 6 heteroatoms. The largest absolute Gasteiger partial charge is 0.507 e. The number of aryl methyl sites for hydroxylation is 1. The van der Waals surface area contributed by atoms with Crippen molar-refractivity contribution in [2.45, 2.75) is 25.7 Å². The first-order chi connectivity index (χ1) is 13.1. The van der Waals surface area contributed by atoms with Gasteiger partial charge in [0.15, 0.2) is 0 Å². The molecular weight excluding hydrogens is 338 g/mol. The van der Waals surface area contributed by atoms with Gasteiger partial charge in [0.1, 0.15) is 17.0 Å². The summed E-state index contributed by atoms with van der Waals surface area (Å²) in [5, 5.41) is 29.2. The molecule has 0 unspecified atom stereocenters. The Bertz CT molecular complexity index is 1060. The van der Waals surface area contributed by atoms with E-state index >= 15 is 0 Å². The molecule has 0 saturated carbocycles. The van der Waals surface area contributed by atoms with Gasteiger partial charge in [0, 0.05) is 29.6 Å². The van der Waals surface area contributed by atoms with Crippen molar-refractivity contribution >= 4 is 10.9 Å². The molecule has 27 heavy (non-hydrogen) atoms. The van der Waals surface area contributed by atoms with E-state index in [0.717, 1.165) is 48.1 Å². The lowest BCUT2D eigenvalue weighted by molar-refractivity contribution is 0.249. The molecule has 1 saturated heterocycles. The van der Waals surface area contributed by atoms with E-state index in [9.17, 15) is 5.11 Å². The molecule has 2 aromatic heterocycles. The molecule has 1 atom stereocenters. The van der Waals surface area contributed by atoms with Crippen LogP contribution in [0, 0.1) is 18.3 Å². The zero-order valence-electron chi connectivity index (χ0n) is 15.5. The van der Waals surface area contributed by atoms with Crippen molar-refractivity contribution in [3.05, 3.63) is 47.3 Å². The number of nitriles is 1. The van der Waals surface area contributed by atoms with Gasteiger partial charge in [0.2, 0.25) is 0 Å². The average molecular weight is 359 g/mol. The third-order valence-corrected chi connectivity index (χ3v) is 5.35. The van der Waals surface area contributed by atoms with E-state index in [1.54, 1.807) is 12.1 Å². The van der Waals surface area contributed by atoms with Crippen LogP contribution in [0.5, 0.6) is 5.75 Å². The Kier molecular flexibility index (Phi) is 4.46. The summed E-state index contributed by atoms with van der Waals surface area (Å²) in [5.41, 5.74) is 4.42. The van der Waals surface area contributed by atoms with Gasteiger partial charge in [-0.2, -0.15) is 5.26 Å². The lowest BCUT2D eigenvalue weighted by Gasteiger charge is -2.29. The van der Waals surface area contributed by atoms with Crippen LogP contribution in [0.4, 0.5) is 0 Å². The molecule has 1 N–H and O–H groups in total. The van der Waals surface area contributed by atoms with Crippen LogP contribution in [-0.4, -0.2) is 45.3 Å². The Labute approximate surface area is 158 Å². The maximum atomic E-state index is 10.3.